The van der Waals surface area contributed by atoms with E-state index in [1.165, 1.54) is 7.05 Å². The molecule has 0 aliphatic heterocycles. The van der Waals surface area contributed by atoms with Gasteiger partial charge in [-0.2, -0.15) is 5.10 Å². The van der Waals surface area contributed by atoms with E-state index in [4.69, 9.17) is 0 Å². The highest BCUT2D eigenvalue weighted by Crippen LogP contribution is 2.25. The Kier molecular flexibility index (Phi) is 6.36. The third-order valence-corrected chi connectivity index (χ3v) is 5.81. The van der Waals surface area contributed by atoms with Crippen LogP contribution in [0.2, 0.25) is 0 Å². The van der Waals surface area contributed by atoms with Gasteiger partial charge in [-0.3, -0.25) is 9.89 Å². The summed E-state index contributed by atoms with van der Waals surface area (Å²) in [6.45, 7) is 4.35. The number of rotatable bonds is 7. The Morgan fingerprint density at radius 3 is 2.36 bits per heavy atom. The maximum absolute atomic E-state index is 12.3. The van der Waals surface area contributed by atoms with Gasteiger partial charge < -0.3 is 5.32 Å². The number of nitrogens with zero attached hydrogens (tertiary/aromatic N) is 1. The molecular weight excluding hydrogens is 408 g/mol. The Balaban J connectivity index is 1.98. The topological polar surface area (TPSA) is 104 Å². The summed E-state index contributed by atoms with van der Waals surface area (Å²) in [6.07, 6.45) is 0. The van der Waals surface area contributed by atoms with Crippen LogP contribution in [0.25, 0.3) is 0 Å². The number of nitrogens with one attached hydrogen (secondary N) is 3. The second-order valence-electron chi connectivity index (χ2n) is 5.92. The Hall–Kier alpha value is -1.71. The first-order valence-electron chi connectivity index (χ1n) is 7.74. The van der Waals surface area contributed by atoms with E-state index in [9.17, 15) is 13.2 Å². The van der Waals surface area contributed by atoms with Crippen LogP contribution in [-0.4, -0.2) is 31.6 Å². The number of H-pyrrole nitrogens is 1. The summed E-state index contributed by atoms with van der Waals surface area (Å²) >= 11 is 3.41. The van der Waals surface area contributed by atoms with Gasteiger partial charge in [-0.1, -0.05) is 38.1 Å². The molecule has 0 atom stereocenters. The zero-order valence-corrected chi connectivity index (χ0v) is 16.7. The molecule has 0 aliphatic carbocycles. The Morgan fingerprint density at radius 2 is 1.84 bits per heavy atom. The molecule has 2 rings (SSSR count). The van der Waals surface area contributed by atoms with E-state index in [2.05, 4.69) is 36.2 Å². The number of hydrogen-bond donors (Lipinski definition) is 3. The number of amides is 1. The van der Waals surface area contributed by atoms with Gasteiger partial charge in [0.2, 0.25) is 10.0 Å². The third-order valence-electron chi connectivity index (χ3n) is 3.67. The van der Waals surface area contributed by atoms with Gasteiger partial charge in [0.25, 0.3) is 5.91 Å². The molecule has 3 N–H and O–H groups in total. The van der Waals surface area contributed by atoms with Crippen molar-refractivity contribution in [3.63, 3.8) is 0 Å². The largest absolute Gasteiger partial charge is 0.347 e. The molecule has 1 aromatic heterocycles. The lowest BCUT2D eigenvalue weighted by Crippen LogP contribution is -2.23. The van der Waals surface area contributed by atoms with Gasteiger partial charge in [-0.05, 0) is 40.0 Å². The quantitative estimate of drug-likeness (QED) is 0.628. The van der Waals surface area contributed by atoms with E-state index < -0.39 is 10.0 Å². The van der Waals surface area contributed by atoms with Crippen LogP contribution in [0.5, 0.6) is 0 Å². The molecule has 2 aromatic rings. The fourth-order valence-corrected chi connectivity index (χ4v) is 3.78. The van der Waals surface area contributed by atoms with Crippen LogP contribution in [0.3, 0.4) is 0 Å². The smallest absolute Gasteiger partial charge is 0.273 e. The summed E-state index contributed by atoms with van der Waals surface area (Å²) in [5, 5.41) is 9.73. The number of carbonyl (C=O) groups excluding carboxylic acids is 1. The van der Waals surface area contributed by atoms with Crippen molar-refractivity contribution in [3.8, 4) is 0 Å². The summed E-state index contributed by atoms with van der Waals surface area (Å²) < 4.78 is 26.0. The molecule has 9 heteroatoms. The highest BCUT2D eigenvalue weighted by molar-refractivity contribution is 9.10. The number of aromatic nitrogens is 2. The summed E-state index contributed by atoms with van der Waals surface area (Å²) in [7, 11) is -1.91. The average molecular weight is 429 g/mol. The minimum absolute atomic E-state index is 0.0751. The second-order valence-corrected chi connectivity index (χ2v) is 8.64. The average Bonchev–Trinajstić information content (AvgIpc) is 2.95. The van der Waals surface area contributed by atoms with E-state index in [0.29, 0.717) is 22.3 Å². The van der Waals surface area contributed by atoms with Crippen molar-refractivity contribution < 1.29 is 13.2 Å². The van der Waals surface area contributed by atoms with Crippen LogP contribution >= 0.6 is 15.9 Å². The first kappa shape index (κ1) is 19.6. The van der Waals surface area contributed by atoms with Crippen molar-refractivity contribution in [2.75, 3.05) is 7.05 Å². The lowest BCUT2D eigenvalue weighted by Gasteiger charge is -2.07. The molecule has 25 heavy (non-hydrogen) atoms. The summed E-state index contributed by atoms with van der Waals surface area (Å²) in [4.78, 5) is 12.3. The Morgan fingerprint density at radius 1 is 1.24 bits per heavy atom. The molecule has 0 unspecified atom stereocenters. The van der Waals surface area contributed by atoms with Gasteiger partial charge in [-0.25, -0.2) is 13.1 Å². The van der Waals surface area contributed by atoms with Crippen molar-refractivity contribution in [2.45, 2.75) is 32.1 Å². The lowest BCUT2D eigenvalue weighted by molar-refractivity contribution is 0.0945. The molecule has 0 radical (unpaired) electrons. The van der Waals surface area contributed by atoms with E-state index in [-0.39, 0.29) is 17.6 Å². The Bertz CT molecular complexity index is 845. The van der Waals surface area contributed by atoms with Gasteiger partial charge in [0.15, 0.2) is 5.69 Å². The summed E-state index contributed by atoms with van der Waals surface area (Å²) in [5.74, 6) is -0.129. The van der Waals surface area contributed by atoms with Crippen molar-refractivity contribution in [1.82, 2.24) is 20.2 Å². The second kappa shape index (κ2) is 8.11. The van der Waals surface area contributed by atoms with Gasteiger partial charge in [-0.15, -0.1) is 0 Å². The van der Waals surface area contributed by atoms with Crippen LogP contribution in [0.1, 0.15) is 47.1 Å². The van der Waals surface area contributed by atoms with Crippen LogP contribution in [0.15, 0.2) is 28.7 Å². The van der Waals surface area contributed by atoms with E-state index in [1.807, 2.05) is 13.8 Å². The standard InChI is InChI=1S/C16H21BrN4O3S/c1-10(2)14-13(17)15(21-20-14)16(22)19-8-11-4-6-12(7-5-11)9-25(23,24)18-3/h4-7,10,18H,8-9H2,1-3H3,(H,19,22)(H,20,21). The third kappa shape index (κ3) is 5.13. The molecule has 0 aliphatic rings. The van der Waals surface area contributed by atoms with Crippen molar-refractivity contribution in [3.05, 3.63) is 51.3 Å². The minimum atomic E-state index is -3.29. The van der Waals surface area contributed by atoms with Crippen molar-refractivity contribution >= 4 is 31.9 Å². The fraction of sp³-hybridized carbons (Fsp3) is 0.375. The van der Waals surface area contributed by atoms with Crippen LogP contribution in [0, 0.1) is 0 Å². The maximum Gasteiger partial charge on any atom is 0.273 e. The molecule has 0 spiro atoms. The van der Waals surface area contributed by atoms with E-state index in [0.717, 1.165) is 11.3 Å². The Labute approximate surface area is 155 Å². The number of benzene rings is 1. The first-order valence-corrected chi connectivity index (χ1v) is 10.2. The number of hydrogen-bond acceptors (Lipinski definition) is 4. The number of aromatic amines is 1. The number of sulfonamides is 1. The van der Waals surface area contributed by atoms with E-state index >= 15 is 0 Å². The highest BCUT2D eigenvalue weighted by atomic mass is 79.9. The van der Waals surface area contributed by atoms with Gasteiger partial charge in [0.05, 0.1) is 15.9 Å². The molecule has 0 bridgehead atoms. The predicted molar refractivity (Wildman–Crippen MR) is 99.7 cm³/mol. The molecule has 0 fully saturated rings. The van der Waals surface area contributed by atoms with Crippen LogP contribution in [-0.2, 0) is 22.3 Å². The van der Waals surface area contributed by atoms with Gasteiger partial charge >= 0.3 is 0 Å². The van der Waals surface area contributed by atoms with Crippen molar-refractivity contribution in [1.29, 1.82) is 0 Å². The van der Waals surface area contributed by atoms with Crippen LogP contribution in [0.4, 0.5) is 0 Å². The monoisotopic (exact) mass is 428 g/mol. The van der Waals surface area contributed by atoms with Crippen molar-refractivity contribution in [2.24, 2.45) is 0 Å². The van der Waals surface area contributed by atoms with E-state index in [1.54, 1.807) is 24.3 Å². The molecule has 7 nitrogen and oxygen atoms in total. The molecule has 136 valence electrons. The normalized spacial score (nSPS) is 11.7. The number of carbonyl (C=O) groups is 1. The van der Waals surface area contributed by atoms with Gasteiger partial charge in [0.1, 0.15) is 0 Å². The molecule has 0 saturated carbocycles. The molecule has 1 amide bonds. The molecular formula is C16H21BrN4O3S. The maximum atomic E-state index is 12.3. The zero-order chi connectivity index (χ0) is 18.6. The molecule has 0 saturated heterocycles. The SMILES string of the molecule is CNS(=O)(=O)Cc1ccc(CNC(=O)c2n[nH]c(C(C)C)c2Br)cc1. The predicted octanol–water partition coefficient (Wildman–Crippen LogP) is 2.27. The molecule has 1 heterocycles. The lowest BCUT2D eigenvalue weighted by atomic mass is 10.1. The zero-order valence-electron chi connectivity index (χ0n) is 14.3. The fourth-order valence-electron chi connectivity index (χ4n) is 2.19. The molecule has 1 aromatic carbocycles. The highest BCUT2D eigenvalue weighted by Gasteiger charge is 2.19. The number of halogens is 1. The summed E-state index contributed by atoms with van der Waals surface area (Å²) in [6, 6.07) is 7.05. The first-order chi connectivity index (χ1) is 11.7. The summed E-state index contributed by atoms with van der Waals surface area (Å²) in [5.41, 5.74) is 2.75. The minimum Gasteiger partial charge on any atom is -0.347 e. The van der Waals surface area contributed by atoms with Gasteiger partial charge in [0, 0.05) is 6.54 Å². The van der Waals surface area contributed by atoms with Crippen LogP contribution < -0.4 is 10.0 Å².